The Morgan fingerprint density at radius 2 is 2.13 bits per heavy atom. The molecule has 0 aromatic heterocycles. The van der Waals surface area contributed by atoms with Gasteiger partial charge < -0.3 is 15.6 Å². The third-order valence-electron chi connectivity index (χ3n) is 2.08. The molecule has 5 heteroatoms. The summed E-state index contributed by atoms with van der Waals surface area (Å²) in [6, 6.07) is 3.75. The number of nitrogens with two attached hydrogens (primary N) is 1. The van der Waals surface area contributed by atoms with Crippen molar-refractivity contribution in [3.05, 3.63) is 23.8 Å². The van der Waals surface area contributed by atoms with E-state index in [0.717, 1.165) is 0 Å². The maximum atomic E-state index is 12.1. The van der Waals surface area contributed by atoms with Gasteiger partial charge in [0.2, 0.25) is 6.43 Å². The van der Waals surface area contributed by atoms with E-state index in [1.807, 2.05) is 0 Å². The van der Waals surface area contributed by atoms with Crippen molar-refractivity contribution < 1.29 is 18.6 Å². The molecule has 1 aromatic rings. The van der Waals surface area contributed by atoms with Gasteiger partial charge in [-0.15, -0.1) is 0 Å². The molecule has 0 radical (unpaired) electrons. The molecule has 15 heavy (non-hydrogen) atoms. The number of halogens is 2. The molecule has 0 aliphatic rings. The zero-order valence-electron chi connectivity index (χ0n) is 8.28. The molecule has 0 aliphatic carbocycles. The maximum absolute atomic E-state index is 12.1. The van der Waals surface area contributed by atoms with Crippen molar-refractivity contribution in [3.63, 3.8) is 0 Å². The van der Waals surface area contributed by atoms with E-state index in [1.54, 1.807) is 6.07 Å². The lowest BCUT2D eigenvalue weighted by Gasteiger charge is -2.14. The Balaban J connectivity index is 2.93. The highest BCUT2D eigenvalue weighted by atomic mass is 19.3. The fourth-order valence-corrected chi connectivity index (χ4v) is 1.32. The second kappa shape index (κ2) is 4.93. The van der Waals surface area contributed by atoms with Crippen LogP contribution in [0.2, 0.25) is 0 Å². The molecule has 0 bridgehead atoms. The number of hydrogen-bond acceptors (Lipinski definition) is 3. The predicted molar refractivity (Wildman–Crippen MR) is 52.2 cm³/mol. The van der Waals surface area contributed by atoms with Crippen molar-refractivity contribution >= 4 is 0 Å². The molecule has 0 saturated carbocycles. The molecule has 0 saturated heterocycles. The highest BCUT2D eigenvalue weighted by molar-refractivity contribution is 5.46. The summed E-state index contributed by atoms with van der Waals surface area (Å²) in [6.07, 6.45) is -2.98. The fourth-order valence-electron chi connectivity index (χ4n) is 1.32. The van der Waals surface area contributed by atoms with E-state index >= 15 is 0 Å². The van der Waals surface area contributed by atoms with Crippen LogP contribution in [0.4, 0.5) is 8.78 Å². The summed E-state index contributed by atoms with van der Waals surface area (Å²) < 4.78 is 29.0. The number of rotatable bonds is 4. The molecule has 0 fully saturated rings. The molecular weight excluding hydrogens is 204 g/mol. The van der Waals surface area contributed by atoms with E-state index in [0.29, 0.717) is 0 Å². The van der Waals surface area contributed by atoms with Gasteiger partial charge in [0.25, 0.3) is 0 Å². The van der Waals surface area contributed by atoms with Crippen LogP contribution in [-0.2, 0) is 0 Å². The Hall–Kier alpha value is -1.36. The van der Waals surface area contributed by atoms with E-state index in [-0.39, 0.29) is 17.1 Å². The van der Waals surface area contributed by atoms with Crippen molar-refractivity contribution in [1.29, 1.82) is 0 Å². The van der Waals surface area contributed by atoms with Gasteiger partial charge in [0.1, 0.15) is 0 Å². The van der Waals surface area contributed by atoms with Gasteiger partial charge >= 0.3 is 0 Å². The summed E-state index contributed by atoms with van der Waals surface area (Å²) >= 11 is 0. The van der Waals surface area contributed by atoms with Crippen LogP contribution in [0, 0.1) is 0 Å². The smallest absolute Gasteiger partial charge is 0.240 e. The molecular formula is C10H13F2NO2. The first-order valence-corrected chi connectivity index (χ1v) is 4.45. The predicted octanol–water partition coefficient (Wildman–Crippen LogP) is 2.06. The van der Waals surface area contributed by atoms with Gasteiger partial charge in [0.15, 0.2) is 11.5 Å². The minimum absolute atomic E-state index is 0.173. The number of methoxy groups -OCH3 is 1. The molecule has 0 spiro atoms. The van der Waals surface area contributed by atoms with Crippen molar-refractivity contribution in [2.75, 3.05) is 7.11 Å². The number of hydrogen-bond donors (Lipinski definition) is 2. The number of aromatic hydroxyl groups is 1. The third kappa shape index (κ3) is 2.79. The van der Waals surface area contributed by atoms with Gasteiger partial charge in [-0.05, 0) is 6.07 Å². The van der Waals surface area contributed by atoms with Gasteiger partial charge in [-0.2, -0.15) is 0 Å². The van der Waals surface area contributed by atoms with Gasteiger partial charge in [-0.3, -0.25) is 0 Å². The summed E-state index contributed by atoms with van der Waals surface area (Å²) in [5.74, 6) is 0.0605. The lowest BCUT2D eigenvalue weighted by atomic mass is 10.0. The average Bonchev–Trinajstić information content (AvgIpc) is 2.17. The van der Waals surface area contributed by atoms with E-state index < -0.39 is 18.9 Å². The first-order valence-electron chi connectivity index (χ1n) is 4.45. The number of para-hydroxylation sites is 1. The van der Waals surface area contributed by atoms with E-state index in [4.69, 9.17) is 10.5 Å². The van der Waals surface area contributed by atoms with Crippen LogP contribution in [0.1, 0.15) is 18.0 Å². The zero-order valence-corrected chi connectivity index (χ0v) is 8.28. The Morgan fingerprint density at radius 3 is 2.67 bits per heavy atom. The van der Waals surface area contributed by atoms with Gasteiger partial charge in [-0.25, -0.2) is 8.78 Å². The molecule has 1 atom stereocenters. The number of alkyl halides is 2. The monoisotopic (exact) mass is 217 g/mol. The van der Waals surface area contributed by atoms with Crippen LogP contribution < -0.4 is 10.5 Å². The SMILES string of the molecule is COc1cccc([C@H](N)CC(F)F)c1O. The van der Waals surface area contributed by atoms with E-state index in [9.17, 15) is 13.9 Å². The molecule has 3 nitrogen and oxygen atoms in total. The Kier molecular flexibility index (Phi) is 3.85. The molecule has 3 N–H and O–H groups in total. The lowest BCUT2D eigenvalue weighted by molar-refractivity contribution is 0.128. The average molecular weight is 217 g/mol. The van der Waals surface area contributed by atoms with E-state index in [1.165, 1.54) is 19.2 Å². The van der Waals surface area contributed by atoms with E-state index in [2.05, 4.69) is 0 Å². The van der Waals surface area contributed by atoms with Crippen LogP contribution in [0.15, 0.2) is 18.2 Å². The molecule has 0 aliphatic heterocycles. The summed E-state index contributed by atoms with van der Waals surface area (Å²) in [4.78, 5) is 0. The van der Waals surface area contributed by atoms with Gasteiger partial charge in [0, 0.05) is 18.0 Å². The molecule has 0 amide bonds. The molecule has 1 aromatic carbocycles. The molecule has 84 valence electrons. The summed E-state index contributed by atoms with van der Waals surface area (Å²) in [5, 5.41) is 9.62. The van der Waals surface area contributed by atoms with Crippen LogP contribution >= 0.6 is 0 Å². The Morgan fingerprint density at radius 1 is 1.47 bits per heavy atom. The normalized spacial score (nSPS) is 12.9. The van der Waals surface area contributed by atoms with Crippen molar-refractivity contribution in [3.8, 4) is 11.5 Å². The topological polar surface area (TPSA) is 55.5 Å². The minimum Gasteiger partial charge on any atom is -0.504 e. The quantitative estimate of drug-likeness (QED) is 0.811. The maximum Gasteiger partial charge on any atom is 0.240 e. The number of ether oxygens (including phenoxy) is 1. The molecule has 0 unspecified atom stereocenters. The zero-order chi connectivity index (χ0) is 11.4. The third-order valence-corrected chi connectivity index (χ3v) is 2.08. The minimum atomic E-state index is -2.49. The van der Waals surface area contributed by atoms with Crippen molar-refractivity contribution in [1.82, 2.24) is 0 Å². The fraction of sp³-hybridized carbons (Fsp3) is 0.400. The largest absolute Gasteiger partial charge is 0.504 e. The van der Waals surface area contributed by atoms with Gasteiger partial charge in [-0.1, -0.05) is 12.1 Å². The second-order valence-electron chi connectivity index (χ2n) is 3.13. The van der Waals surface area contributed by atoms with Crippen LogP contribution in [0.25, 0.3) is 0 Å². The molecule has 0 heterocycles. The van der Waals surface area contributed by atoms with Crippen LogP contribution in [-0.4, -0.2) is 18.6 Å². The Bertz CT molecular complexity index is 331. The highest BCUT2D eigenvalue weighted by Crippen LogP contribution is 2.34. The van der Waals surface area contributed by atoms with Crippen LogP contribution in [0.3, 0.4) is 0 Å². The number of phenols is 1. The first-order chi connectivity index (χ1) is 7.06. The van der Waals surface area contributed by atoms with Crippen molar-refractivity contribution in [2.45, 2.75) is 18.9 Å². The summed E-state index contributed by atoms with van der Waals surface area (Å²) in [6.45, 7) is 0. The van der Waals surface area contributed by atoms with Crippen molar-refractivity contribution in [2.24, 2.45) is 5.73 Å². The highest BCUT2D eigenvalue weighted by Gasteiger charge is 2.17. The Labute approximate surface area is 86.5 Å². The van der Waals surface area contributed by atoms with Crippen LogP contribution in [0.5, 0.6) is 11.5 Å². The standard InChI is InChI=1S/C10H13F2NO2/c1-15-8-4-2-3-6(10(8)14)7(13)5-9(11)12/h2-4,7,9,14H,5,13H2,1H3/t7-/m1/s1. The second-order valence-corrected chi connectivity index (χ2v) is 3.13. The number of phenolic OH excluding ortho intramolecular Hbond substituents is 1. The first kappa shape index (κ1) is 11.7. The summed E-state index contributed by atoms with van der Waals surface area (Å²) in [5.41, 5.74) is 5.80. The summed E-state index contributed by atoms with van der Waals surface area (Å²) in [7, 11) is 1.39. The van der Waals surface area contributed by atoms with Gasteiger partial charge in [0.05, 0.1) is 7.11 Å². The number of benzene rings is 1. The molecule has 1 rings (SSSR count). The lowest BCUT2D eigenvalue weighted by Crippen LogP contribution is -2.14.